The van der Waals surface area contributed by atoms with Crippen molar-refractivity contribution in [3.8, 4) is 0 Å². The van der Waals surface area contributed by atoms with Crippen LogP contribution < -0.4 is 10.2 Å². The number of aryl methyl sites for hydroxylation is 1. The molecule has 6 nitrogen and oxygen atoms in total. The third-order valence-corrected chi connectivity index (χ3v) is 7.35. The molecule has 2 aromatic carbocycles. The fraction of sp³-hybridized carbons (Fsp3) is 0.462. The number of rotatable bonds is 6. The van der Waals surface area contributed by atoms with Gasteiger partial charge in [-0.3, -0.25) is 14.6 Å². The Morgan fingerprint density at radius 2 is 1.56 bits per heavy atom. The molecule has 1 unspecified atom stereocenters. The molecule has 2 heterocycles. The topological polar surface area (TPSA) is 55.9 Å². The quantitative estimate of drug-likeness (QED) is 0.500. The van der Waals surface area contributed by atoms with Crippen LogP contribution in [-0.2, 0) is 17.6 Å². The fourth-order valence-corrected chi connectivity index (χ4v) is 5.39. The van der Waals surface area contributed by atoms with Crippen molar-refractivity contribution in [3.05, 3.63) is 65.5 Å². The maximum Gasteiger partial charge on any atom is 0.325 e. The number of unbranched alkanes of at least 4 members (excludes halogenated alkanes) is 1. The molecule has 182 valence electrons. The minimum Gasteiger partial charge on any atom is -0.369 e. The van der Waals surface area contributed by atoms with Crippen molar-refractivity contribution in [2.75, 3.05) is 44.2 Å². The number of anilines is 1. The van der Waals surface area contributed by atoms with Gasteiger partial charge in [0.15, 0.2) is 0 Å². The molecule has 34 heavy (non-hydrogen) atoms. The van der Waals surface area contributed by atoms with E-state index in [4.69, 9.17) is 0 Å². The van der Waals surface area contributed by atoms with Gasteiger partial charge in [-0.25, -0.2) is 9.18 Å². The molecule has 2 aliphatic heterocycles. The van der Waals surface area contributed by atoms with Gasteiger partial charge in [0.25, 0.3) is 5.91 Å². The second-order valence-corrected chi connectivity index (χ2v) is 9.43. The Morgan fingerprint density at radius 3 is 2.29 bits per heavy atom. The van der Waals surface area contributed by atoms with Crippen LogP contribution in [0.3, 0.4) is 0 Å². The molecule has 0 aromatic heterocycles. The molecule has 2 saturated heterocycles. The smallest absolute Gasteiger partial charge is 0.325 e. The molecule has 2 aromatic rings. The summed E-state index contributed by atoms with van der Waals surface area (Å²) in [6, 6.07) is 14.6. The van der Waals surface area contributed by atoms with E-state index >= 15 is 0 Å². The van der Waals surface area contributed by atoms with E-state index in [1.165, 1.54) is 28.2 Å². The molecule has 0 radical (unpaired) electrons. The highest BCUT2D eigenvalue weighted by Crippen LogP contribution is 2.33. The summed E-state index contributed by atoms with van der Waals surface area (Å²) in [5, 5.41) is 3.02. The molecule has 1 atom stereocenters. The molecule has 3 aliphatic rings. The predicted molar refractivity (Wildman–Crippen MR) is 133 cm³/mol. The molecule has 3 amide bonds. The largest absolute Gasteiger partial charge is 0.369 e. The van der Waals surface area contributed by atoms with Crippen LogP contribution in [0.15, 0.2) is 48.5 Å². The lowest BCUT2D eigenvalue weighted by molar-refractivity contribution is -0.131. The van der Waals surface area contributed by atoms with Crippen molar-refractivity contribution in [2.45, 2.75) is 37.6 Å². The number of piperazine rings is 1. The number of fused-ring (bicyclic) bond motifs is 1. The monoisotopic (exact) mass is 486 g/mol. The Bertz CT molecular complexity index is 1030. The number of imide groups is 1. The fourth-order valence-electron chi connectivity index (χ4n) is 5.39. The number of nitrogens with one attached hydrogen (secondary N) is 1. The minimum absolute atomic E-state index is 0. The van der Waals surface area contributed by atoms with Crippen molar-refractivity contribution in [1.29, 1.82) is 0 Å². The summed E-state index contributed by atoms with van der Waals surface area (Å²) in [6.07, 6.45) is 3.83. The lowest BCUT2D eigenvalue weighted by Crippen LogP contribution is -2.51. The van der Waals surface area contributed by atoms with Crippen LogP contribution in [0, 0.1) is 5.82 Å². The van der Waals surface area contributed by atoms with Gasteiger partial charge in [-0.2, -0.15) is 0 Å². The van der Waals surface area contributed by atoms with E-state index in [-0.39, 0.29) is 30.2 Å². The average molecular weight is 487 g/mol. The summed E-state index contributed by atoms with van der Waals surface area (Å²) < 4.78 is 13.1. The van der Waals surface area contributed by atoms with E-state index in [1.807, 2.05) is 24.3 Å². The molecule has 1 N–H and O–H groups in total. The van der Waals surface area contributed by atoms with E-state index < -0.39 is 5.54 Å². The standard InChI is InChI=1S/C26H31FN4O2.ClH/c27-22-7-9-23(10-8-22)30-17-15-29(16-18-30)13-3-4-14-31-24(32)26(28-25(31)33)12-11-20-5-1-2-6-21(20)19-26;/h1-2,5-10H,3-4,11-19H2,(H,28,33);1H. The summed E-state index contributed by atoms with van der Waals surface area (Å²) in [4.78, 5) is 31.9. The molecule has 0 bridgehead atoms. The number of urea groups is 1. The molecular weight excluding hydrogens is 455 g/mol. The number of nitrogens with zero attached hydrogens (tertiary/aromatic N) is 3. The highest BCUT2D eigenvalue weighted by molar-refractivity contribution is 6.07. The highest BCUT2D eigenvalue weighted by Gasteiger charge is 2.51. The van der Waals surface area contributed by atoms with Crippen molar-refractivity contribution in [1.82, 2.24) is 15.1 Å². The third-order valence-electron chi connectivity index (χ3n) is 7.35. The van der Waals surface area contributed by atoms with Gasteiger partial charge < -0.3 is 10.2 Å². The lowest BCUT2D eigenvalue weighted by Gasteiger charge is -2.36. The molecule has 0 saturated carbocycles. The van der Waals surface area contributed by atoms with Gasteiger partial charge in [0.2, 0.25) is 0 Å². The Hall–Kier alpha value is -2.64. The number of amides is 3. The van der Waals surface area contributed by atoms with Crippen molar-refractivity contribution in [2.24, 2.45) is 0 Å². The van der Waals surface area contributed by atoms with E-state index in [9.17, 15) is 14.0 Å². The van der Waals surface area contributed by atoms with Crippen molar-refractivity contribution >= 4 is 30.0 Å². The van der Waals surface area contributed by atoms with Crippen LogP contribution in [0.1, 0.15) is 30.4 Å². The first-order chi connectivity index (χ1) is 16.0. The van der Waals surface area contributed by atoms with Crippen LogP contribution in [-0.4, -0.2) is 66.5 Å². The van der Waals surface area contributed by atoms with Gasteiger partial charge >= 0.3 is 6.03 Å². The normalized spacial score (nSPS) is 22.5. The second kappa shape index (κ2) is 10.3. The van der Waals surface area contributed by atoms with Gasteiger partial charge in [-0.1, -0.05) is 24.3 Å². The zero-order valence-corrected chi connectivity index (χ0v) is 20.2. The summed E-state index contributed by atoms with van der Waals surface area (Å²) >= 11 is 0. The lowest BCUT2D eigenvalue weighted by atomic mass is 9.78. The number of hydrogen-bond donors (Lipinski definition) is 1. The van der Waals surface area contributed by atoms with E-state index in [0.29, 0.717) is 19.4 Å². The van der Waals surface area contributed by atoms with Gasteiger partial charge in [0.1, 0.15) is 11.4 Å². The zero-order chi connectivity index (χ0) is 22.8. The molecule has 5 rings (SSSR count). The van der Waals surface area contributed by atoms with Crippen LogP contribution >= 0.6 is 12.4 Å². The Balaban J connectivity index is 0.00000274. The number of carbonyl (C=O) groups is 2. The zero-order valence-electron chi connectivity index (χ0n) is 19.3. The predicted octanol–water partition coefficient (Wildman–Crippen LogP) is 3.63. The van der Waals surface area contributed by atoms with E-state index in [2.05, 4.69) is 27.2 Å². The number of halogens is 2. The van der Waals surface area contributed by atoms with Gasteiger partial charge in [0, 0.05) is 44.8 Å². The van der Waals surface area contributed by atoms with Crippen LogP contribution in [0.25, 0.3) is 0 Å². The van der Waals surface area contributed by atoms with Crippen LogP contribution in [0.5, 0.6) is 0 Å². The number of carbonyl (C=O) groups excluding carboxylic acids is 2. The molecule has 8 heteroatoms. The van der Waals surface area contributed by atoms with Gasteiger partial charge in [0.05, 0.1) is 0 Å². The van der Waals surface area contributed by atoms with Crippen LogP contribution in [0.4, 0.5) is 14.9 Å². The maximum absolute atomic E-state index is 13.2. The van der Waals surface area contributed by atoms with E-state index in [0.717, 1.165) is 57.7 Å². The first-order valence-electron chi connectivity index (χ1n) is 12.0. The summed E-state index contributed by atoms with van der Waals surface area (Å²) in [5.74, 6) is -0.267. The summed E-state index contributed by atoms with van der Waals surface area (Å²) in [5.41, 5.74) is 2.75. The first-order valence-corrected chi connectivity index (χ1v) is 12.0. The number of benzene rings is 2. The van der Waals surface area contributed by atoms with Gasteiger partial charge in [-0.15, -0.1) is 12.4 Å². The SMILES string of the molecule is Cl.O=C1NC2(CCc3ccccc3C2)C(=O)N1CCCCN1CCN(c2ccc(F)cc2)CC1. The van der Waals surface area contributed by atoms with Gasteiger partial charge in [-0.05, 0) is 67.6 Å². The Morgan fingerprint density at radius 1 is 0.882 bits per heavy atom. The molecule has 1 aliphatic carbocycles. The summed E-state index contributed by atoms with van der Waals surface area (Å²) in [7, 11) is 0. The van der Waals surface area contributed by atoms with Crippen molar-refractivity contribution < 1.29 is 14.0 Å². The average Bonchev–Trinajstić information content (AvgIpc) is 3.06. The van der Waals surface area contributed by atoms with Crippen LogP contribution in [0.2, 0.25) is 0 Å². The summed E-state index contributed by atoms with van der Waals surface area (Å²) in [6.45, 7) is 5.19. The van der Waals surface area contributed by atoms with Crippen molar-refractivity contribution in [3.63, 3.8) is 0 Å². The van der Waals surface area contributed by atoms with E-state index in [1.54, 1.807) is 0 Å². The maximum atomic E-state index is 13.2. The molecular formula is C26H32ClFN4O2. The highest BCUT2D eigenvalue weighted by atomic mass is 35.5. The molecule has 2 fully saturated rings. The minimum atomic E-state index is -0.762. The second-order valence-electron chi connectivity index (χ2n) is 9.43. The number of hydrogen-bond acceptors (Lipinski definition) is 4. The molecule has 1 spiro atoms. The Labute approximate surface area is 206 Å². The third kappa shape index (κ3) is 4.91. The Kier molecular flexibility index (Phi) is 7.43. The first kappa shape index (κ1) is 24.5.